The first-order chi connectivity index (χ1) is 18.5. The van der Waals surface area contributed by atoms with E-state index in [2.05, 4.69) is 20.4 Å². The largest absolute Gasteiger partial charge is 0.516 e. The molecule has 0 unspecified atom stereocenters. The highest BCUT2D eigenvalue weighted by atomic mass is 32.2. The molecule has 0 radical (unpaired) electrons. The molecule has 0 saturated heterocycles. The number of nitrogens with one attached hydrogen (secondary N) is 1. The first-order valence-electron chi connectivity index (χ1n) is 11.9. The van der Waals surface area contributed by atoms with Gasteiger partial charge in [0.05, 0.1) is 43.4 Å². The molecule has 4 heterocycles. The number of ether oxygens (including phenoxy) is 1. The lowest BCUT2D eigenvalue weighted by molar-refractivity contribution is -0.0471. The lowest BCUT2D eigenvalue weighted by atomic mass is 10.1. The number of nitrogens with zero attached hydrogens (tertiary/aromatic N) is 6. The number of hydrogen-bond acceptors (Lipinski definition) is 8. The standard InChI is InChI=1S/C23H23F4N7O4S/c1-2-17-20(33-11-15-12-38-8-5-18(15)31-22(33)30-17)21(35)28-10-14-3-4-19(16(24)9-14)34-7-6-32(13-29-34)39(36,37)23(25,26)27/h3-4,9,11,13H,2,5-8,10,12H2,1H3,(H,28,35). The number of amides is 1. The summed E-state index contributed by atoms with van der Waals surface area (Å²) in [5.74, 6) is -0.753. The van der Waals surface area contributed by atoms with Crippen LogP contribution in [0.15, 0.2) is 29.5 Å². The van der Waals surface area contributed by atoms with Crippen LogP contribution in [0.1, 0.15) is 39.9 Å². The van der Waals surface area contributed by atoms with E-state index in [1.54, 1.807) is 10.6 Å². The number of benzene rings is 1. The summed E-state index contributed by atoms with van der Waals surface area (Å²) in [5, 5.41) is 7.48. The van der Waals surface area contributed by atoms with Crippen molar-refractivity contribution in [1.82, 2.24) is 24.0 Å². The summed E-state index contributed by atoms with van der Waals surface area (Å²) < 4.78 is 83.3. The maximum absolute atomic E-state index is 14.9. The van der Waals surface area contributed by atoms with E-state index in [1.807, 2.05) is 6.92 Å². The molecule has 208 valence electrons. The number of hydrogen-bond donors (Lipinski definition) is 1. The Balaban J connectivity index is 1.29. The van der Waals surface area contributed by atoms with Crippen molar-refractivity contribution in [3.05, 3.63) is 58.4 Å². The molecule has 2 aromatic heterocycles. The summed E-state index contributed by atoms with van der Waals surface area (Å²) in [4.78, 5) is 22.2. The van der Waals surface area contributed by atoms with Crippen molar-refractivity contribution >= 4 is 33.7 Å². The minimum atomic E-state index is -5.57. The number of aromatic nitrogens is 3. The zero-order valence-electron chi connectivity index (χ0n) is 20.6. The zero-order chi connectivity index (χ0) is 27.9. The molecule has 39 heavy (non-hydrogen) atoms. The number of fused-ring (bicyclic) bond motifs is 2. The monoisotopic (exact) mass is 569 g/mol. The molecule has 0 fully saturated rings. The molecule has 11 nitrogen and oxygen atoms in total. The van der Waals surface area contributed by atoms with E-state index in [1.165, 1.54) is 12.1 Å². The van der Waals surface area contributed by atoms with Crippen LogP contribution in [0.4, 0.5) is 23.2 Å². The van der Waals surface area contributed by atoms with E-state index in [9.17, 15) is 30.8 Å². The summed E-state index contributed by atoms with van der Waals surface area (Å²) in [6, 6.07) is 4.04. The van der Waals surface area contributed by atoms with Crippen LogP contribution < -0.4 is 10.3 Å². The predicted octanol–water partition coefficient (Wildman–Crippen LogP) is 2.35. The molecule has 0 saturated carbocycles. The Labute approximate surface area is 220 Å². The normalized spacial score (nSPS) is 16.0. The predicted molar refractivity (Wildman–Crippen MR) is 131 cm³/mol. The van der Waals surface area contributed by atoms with E-state index in [4.69, 9.17) is 4.74 Å². The molecule has 5 rings (SSSR count). The van der Waals surface area contributed by atoms with E-state index in [0.717, 1.165) is 22.3 Å². The molecular weight excluding hydrogens is 546 g/mol. The fourth-order valence-corrected chi connectivity index (χ4v) is 5.08. The number of hydrazone groups is 1. The number of carbonyl (C=O) groups excluding carboxylic acids is 1. The third-order valence-corrected chi connectivity index (χ3v) is 7.82. The van der Waals surface area contributed by atoms with Crippen LogP contribution in [0, 0.1) is 5.82 Å². The Bertz CT molecular complexity index is 1570. The van der Waals surface area contributed by atoms with Gasteiger partial charge in [-0.15, -0.1) is 0 Å². The van der Waals surface area contributed by atoms with Gasteiger partial charge in [0.15, 0.2) is 0 Å². The minimum absolute atomic E-state index is 0.0191. The Morgan fingerprint density at radius 1 is 1.21 bits per heavy atom. The first-order valence-corrected chi connectivity index (χ1v) is 13.4. The Morgan fingerprint density at radius 2 is 2.00 bits per heavy atom. The summed E-state index contributed by atoms with van der Waals surface area (Å²) in [6.45, 7) is 1.96. The summed E-state index contributed by atoms with van der Waals surface area (Å²) in [6.07, 6.45) is 3.46. The molecule has 1 N–H and O–H groups in total. The number of aryl methyl sites for hydroxylation is 1. The molecule has 0 bridgehead atoms. The van der Waals surface area contributed by atoms with Crippen molar-refractivity contribution in [2.45, 2.75) is 38.4 Å². The second kappa shape index (κ2) is 10.1. The van der Waals surface area contributed by atoms with Crippen molar-refractivity contribution in [3.8, 4) is 0 Å². The molecule has 0 aliphatic carbocycles. The Morgan fingerprint density at radius 3 is 2.67 bits per heavy atom. The lowest BCUT2D eigenvalue weighted by Gasteiger charge is -2.29. The van der Waals surface area contributed by atoms with Gasteiger partial charge in [-0.2, -0.15) is 26.7 Å². The fraction of sp³-hybridized carbons (Fsp3) is 0.391. The van der Waals surface area contributed by atoms with Crippen LogP contribution in [0.25, 0.3) is 5.78 Å². The van der Waals surface area contributed by atoms with E-state index in [-0.39, 0.29) is 23.1 Å². The molecular formula is C23H23F4N7O4S. The third-order valence-electron chi connectivity index (χ3n) is 6.34. The lowest BCUT2D eigenvalue weighted by Crippen LogP contribution is -2.46. The second-order valence-electron chi connectivity index (χ2n) is 8.83. The Kier molecular flexibility index (Phi) is 6.92. The van der Waals surface area contributed by atoms with E-state index < -0.39 is 33.8 Å². The van der Waals surface area contributed by atoms with Gasteiger partial charge < -0.3 is 10.1 Å². The highest BCUT2D eigenvalue weighted by Crippen LogP contribution is 2.28. The summed E-state index contributed by atoms with van der Waals surface area (Å²) >= 11 is 0. The maximum atomic E-state index is 14.9. The number of carbonyl (C=O) groups is 1. The zero-order valence-corrected chi connectivity index (χ0v) is 21.4. The van der Waals surface area contributed by atoms with Gasteiger partial charge in [-0.1, -0.05) is 13.0 Å². The molecule has 1 amide bonds. The van der Waals surface area contributed by atoms with Gasteiger partial charge >= 0.3 is 15.5 Å². The molecule has 3 aromatic rings. The number of sulfonamides is 1. The third kappa shape index (κ3) is 5.01. The topological polar surface area (TPSA) is 122 Å². The summed E-state index contributed by atoms with van der Waals surface area (Å²) in [7, 11) is -5.57. The number of halogens is 4. The van der Waals surface area contributed by atoms with Gasteiger partial charge in [0.25, 0.3) is 5.91 Å². The molecule has 2 aliphatic heterocycles. The van der Waals surface area contributed by atoms with Gasteiger partial charge in [-0.25, -0.2) is 18.7 Å². The van der Waals surface area contributed by atoms with Crippen LogP contribution in [-0.2, 0) is 40.8 Å². The van der Waals surface area contributed by atoms with Crippen LogP contribution in [0.2, 0.25) is 0 Å². The number of anilines is 1. The van der Waals surface area contributed by atoms with Crippen molar-refractivity contribution in [2.24, 2.45) is 5.10 Å². The van der Waals surface area contributed by atoms with Gasteiger partial charge in [-0.3, -0.25) is 14.2 Å². The van der Waals surface area contributed by atoms with Crippen molar-refractivity contribution in [3.63, 3.8) is 0 Å². The van der Waals surface area contributed by atoms with Crippen LogP contribution in [0.3, 0.4) is 0 Å². The van der Waals surface area contributed by atoms with Crippen LogP contribution in [-0.4, -0.2) is 64.5 Å². The summed E-state index contributed by atoms with van der Waals surface area (Å²) in [5.41, 5.74) is -2.46. The van der Waals surface area contributed by atoms with Crippen molar-refractivity contribution in [2.75, 3.05) is 24.7 Å². The van der Waals surface area contributed by atoms with Gasteiger partial charge in [0.1, 0.15) is 17.8 Å². The highest BCUT2D eigenvalue weighted by Gasteiger charge is 2.50. The van der Waals surface area contributed by atoms with Crippen molar-refractivity contribution in [1.29, 1.82) is 0 Å². The molecule has 0 spiro atoms. The molecule has 0 atom stereocenters. The van der Waals surface area contributed by atoms with Gasteiger partial charge in [0.2, 0.25) is 5.78 Å². The number of alkyl halides is 3. The molecule has 2 aliphatic rings. The molecule has 16 heteroatoms. The SMILES string of the molecule is CCc1nc2nc3c(cn2c1C(=O)NCc1ccc(N2CCN(S(=O)(=O)C(F)(F)F)C=N2)c(F)c1)COCC3. The van der Waals surface area contributed by atoms with E-state index in [0.29, 0.717) is 55.1 Å². The van der Waals surface area contributed by atoms with Crippen LogP contribution >= 0.6 is 0 Å². The average molecular weight is 570 g/mol. The molecule has 1 aromatic carbocycles. The van der Waals surface area contributed by atoms with Crippen molar-refractivity contribution < 1.29 is 35.5 Å². The first kappa shape index (κ1) is 26.8. The van der Waals surface area contributed by atoms with Crippen LogP contribution in [0.5, 0.6) is 0 Å². The van der Waals surface area contributed by atoms with E-state index >= 15 is 0 Å². The Hall–Kier alpha value is -3.79. The smallest absolute Gasteiger partial charge is 0.376 e. The quantitative estimate of drug-likeness (QED) is 0.453. The minimum Gasteiger partial charge on any atom is -0.376 e. The number of imidazole rings is 1. The second-order valence-corrected chi connectivity index (χ2v) is 10.7. The number of rotatable bonds is 6. The van der Waals surface area contributed by atoms with Gasteiger partial charge in [-0.05, 0) is 24.1 Å². The average Bonchev–Trinajstić information content (AvgIpc) is 3.27. The highest BCUT2D eigenvalue weighted by molar-refractivity contribution is 7.90. The fourth-order valence-electron chi connectivity index (χ4n) is 4.33. The maximum Gasteiger partial charge on any atom is 0.516 e. The van der Waals surface area contributed by atoms with Gasteiger partial charge in [0, 0.05) is 24.7 Å².